The van der Waals surface area contributed by atoms with Crippen LogP contribution in [0.3, 0.4) is 0 Å². The summed E-state index contributed by atoms with van der Waals surface area (Å²) in [5.41, 5.74) is 18.9. The molecule has 314 valence electrons. The van der Waals surface area contributed by atoms with Gasteiger partial charge >= 0.3 is 0 Å². The van der Waals surface area contributed by atoms with Crippen molar-refractivity contribution in [3.05, 3.63) is 74.2 Å². The topological polar surface area (TPSA) is 220 Å². The first-order valence-electron chi connectivity index (χ1n) is 19.0. The van der Waals surface area contributed by atoms with E-state index in [1.807, 2.05) is 6.07 Å². The highest BCUT2D eigenvalue weighted by atomic mass is 32.2. The van der Waals surface area contributed by atoms with Crippen LogP contribution < -0.4 is 4.31 Å². The molecular weight excluding hydrogens is 766 g/mol. The van der Waals surface area contributed by atoms with Crippen LogP contribution in [-0.4, -0.2) is 119 Å². The summed E-state index contributed by atoms with van der Waals surface area (Å²) in [5.74, 6) is -0.00314. The fraction of sp³-hybridized carbons (Fsp3) is 0.605. The first-order chi connectivity index (χ1) is 27.7. The zero-order valence-electron chi connectivity index (χ0n) is 33.0. The van der Waals surface area contributed by atoms with Crippen molar-refractivity contribution in [3.63, 3.8) is 0 Å². The maximum atomic E-state index is 13.6. The van der Waals surface area contributed by atoms with Crippen LogP contribution in [-0.2, 0) is 38.4 Å². The number of Topliss-reactive ketones (excluding diaryl/α,β-unsaturated/α-hetero) is 1. The summed E-state index contributed by atoms with van der Waals surface area (Å²) in [6.45, 7) is 9.83. The summed E-state index contributed by atoms with van der Waals surface area (Å²) in [5, 5.41) is 7.33. The molecule has 1 aromatic heterocycles. The molecule has 2 aromatic carbocycles. The van der Waals surface area contributed by atoms with E-state index in [0.717, 1.165) is 37.7 Å². The van der Waals surface area contributed by atoms with Crippen molar-refractivity contribution in [3.8, 4) is 11.3 Å². The van der Waals surface area contributed by atoms with Gasteiger partial charge in [-0.05, 0) is 72.1 Å². The van der Waals surface area contributed by atoms with Crippen LogP contribution in [0.15, 0.2) is 51.0 Å². The number of furan rings is 1. The Kier molecular flexibility index (Phi) is 22.0. The molecule has 0 saturated heterocycles. The molecule has 0 N–H and O–H groups in total. The van der Waals surface area contributed by atoms with Gasteiger partial charge < -0.3 is 32.8 Å². The third-order valence-corrected chi connectivity index (χ3v) is 9.48. The number of ether oxygens (including phenoxy) is 6. The molecule has 1 aliphatic carbocycles. The van der Waals surface area contributed by atoms with Gasteiger partial charge in [-0.25, -0.2) is 12.8 Å². The van der Waals surface area contributed by atoms with E-state index >= 15 is 0 Å². The van der Waals surface area contributed by atoms with Gasteiger partial charge in [-0.2, -0.15) is 0 Å². The minimum atomic E-state index is -3.69. The molecule has 1 fully saturated rings. The molecule has 0 unspecified atom stereocenters. The Balaban J connectivity index is 0.000000492. The second-order valence-electron chi connectivity index (χ2n) is 12.7. The van der Waals surface area contributed by atoms with Gasteiger partial charge in [-0.15, -0.1) is 0 Å². The monoisotopic (exact) mass is 819 g/mol. The predicted molar refractivity (Wildman–Crippen MR) is 214 cm³/mol. The van der Waals surface area contributed by atoms with Gasteiger partial charge in [0.25, 0.3) is 0 Å². The average Bonchev–Trinajstić information content (AvgIpc) is 3.98. The highest BCUT2D eigenvalue weighted by Crippen LogP contribution is 2.48. The lowest BCUT2D eigenvalue weighted by Gasteiger charge is -2.25. The largest absolute Gasteiger partial charge is 0.455 e. The first kappa shape index (κ1) is 47.1. The molecule has 1 saturated carbocycles. The molecule has 3 aromatic rings. The predicted octanol–water partition coefficient (Wildman–Crippen LogP) is 7.59. The van der Waals surface area contributed by atoms with Gasteiger partial charge in [0.05, 0.1) is 96.7 Å². The van der Waals surface area contributed by atoms with Crippen molar-refractivity contribution >= 4 is 32.5 Å². The van der Waals surface area contributed by atoms with E-state index in [4.69, 9.17) is 43.9 Å². The van der Waals surface area contributed by atoms with E-state index in [2.05, 4.69) is 27.0 Å². The summed E-state index contributed by atoms with van der Waals surface area (Å²) in [4.78, 5) is 18.3. The number of hydrogen-bond donors (Lipinski definition) is 0. The Morgan fingerprint density at radius 2 is 1.32 bits per heavy atom. The Bertz CT molecular complexity index is 1860. The Morgan fingerprint density at radius 1 is 0.807 bits per heavy atom. The van der Waals surface area contributed by atoms with Crippen LogP contribution in [0.4, 0.5) is 10.1 Å². The normalized spacial score (nSPS) is 12.4. The Hall–Kier alpha value is -4.29. The van der Waals surface area contributed by atoms with Crippen molar-refractivity contribution < 1.29 is 50.4 Å². The number of anilines is 1. The number of hydrogen-bond acceptors (Lipinski definition) is 12. The molecule has 0 atom stereocenters. The van der Waals surface area contributed by atoms with Crippen LogP contribution in [0.25, 0.3) is 43.2 Å². The number of nitrogens with zero attached hydrogens (tertiary/aromatic N) is 7. The zero-order valence-corrected chi connectivity index (χ0v) is 33.8. The third-order valence-electron chi connectivity index (χ3n) is 8.30. The number of halogens is 1. The quantitative estimate of drug-likeness (QED) is 0.0219. The first-order valence-corrected chi connectivity index (χ1v) is 20.9. The maximum Gasteiger partial charge on any atom is 0.232 e. The van der Waals surface area contributed by atoms with Gasteiger partial charge in [0.1, 0.15) is 17.2 Å². The van der Waals surface area contributed by atoms with E-state index < -0.39 is 15.8 Å². The summed E-state index contributed by atoms with van der Waals surface area (Å²) < 4.78 is 79.0. The highest BCUT2D eigenvalue weighted by molar-refractivity contribution is 7.92. The molecule has 17 nitrogen and oxygen atoms in total. The van der Waals surface area contributed by atoms with Crippen molar-refractivity contribution in [2.24, 2.45) is 10.2 Å². The van der Waals surface area contributed by atoms with Gasteiger partial charge in [0.2, 0.25) is 10.0 Å². The lowest BCUT2D eigenvalue weighted by Crippen LogP contribution is -2.34. The Labute approximate surface area is 333 Å². The van der Waals surface area contributed by atoms with E-state index in [9.17, 15) is 17.6 Å². The number of carbonyl (C=O) groups is 1. The van der Waals surface area contributed by atoms with Crippen molar-refractivity contribution in [2.45, 2.75) is 45.4 Å². The minimum absolute atomic E-state index is 0.0822. The summed E-state index contributed by atoms with van der Waals surface area (Å²) in [7, 11) is -3.69. The number of benzene rings is 2. The fourth-order valence-corrected chi connectivity index (χ4v) is 6.41. The Morgan fingerprint density at radius 3 is 1.79 bits per heavy atom. The van der Waals surface area contributed by atoms with Crippen molar-refractivity contribution in [2.75, 3.05) is 109 Å². The highest BCUT2D eigenvalue weighted by Gasteiger charge is 2.33. The van der Waals surface area contributed by atoms with Crippen LogP contribution >= 0.6 is 0 Å². The molecule has 0 bridgehead atoms. The number of fused-ring (bicyclic) bond motifs is 1. The summed E-state index contributed by atoms with van der Waals surface area (Å²) in [6, 6.07) is 9.30. The van der Waals surface area contributed by atoms with E-state index in [1.54, 1.807) is 25.1 Å². The van der Waals surface area contributed by atoms with Gasteiger partial charge in [0.15, 0.2) is 5.78 Å². The van der Waals surface area contributed by atoms with E-state index in [0.29, 0.717) is 99.6 Å². The van der Waals surface area contributed by atoms with E-state index in [-0.39, 0.29) is 44.4 Å². The smallest absolute Gasteiger partial charge is 0.232 e. The van der Waals surface area contributed by atoms with Crippen LogP contribution in [0.5, 0.6) is 0 Å². The molecule has 4 rings (SSSR count). The second-order valence-corrected chi connectivity index (χ2v) is 14.6. The molecule has 19 heteroatoms. The molecule has 0 spiro atoms. The minimum Gasteiger partial charge on any atom is -0.455 e. The fourth-order valence-electron chi connectivity index (χ4n) is 5.49. The van der Waals surface area contributed by atoms with E-state index in [1.165, 1.54) is 16.4 Å². The molecule has 1 aliphatic rings. The number of rotatable bonds is 29. The molecule has 57 heavy (non-hydrogen) atoms. The van der Waals surface area contributed by atoms with Crippen LogP contribution in [0.1, 0.15) is 61.4 Å². The SMILES string of the molecule is CCC(=O)c1c(-c2ccc(F)cc2)oc2cc(N(CCOCCOCCOCCN=[N+]=[N-])S(C)(=O)=O)c(C3CC3)cc12.CCCOCCOCCOCCN=[N+]=[N-]. The molecule has 0 aliphatic heterocycles. The lowest BCUT2D eigenvalue weighted by atomic mass is 9.97. The average molecular weight is 820 g/mol. The molecular formula is C38H54FN7O10S. The molecule has 1 heterocycles. The van der Waals surface area contributed by atoms with Gasteiger partial charge in [-0.1, -0.05) is 24.1 Å². The van der Waals surface area contributed by atoms with Crippen LogP contribution in [0.2, 0.25) is 0 Å². The van der Waals surface area contributed by atoms with Gasteiger partial charge in [0, 0.05) is 53.0 Å². The van der Waals surface area contributed by atoms with Crippen LogP contribution in [0, 0.1) is 5.82 Å². The standard InChI is InChI=1S/C29H35FN4O7S.C9H19N3O3/c1-3-26(35)28-24-18-23(20-4-5-20)25(19-27(24)41-29(28)21-6-8-22(30)9-7-21)34(42(2,36)37)11-13-39-15-17-40-16-14-38-12-10-32-33-31;1-2-4-13-6-8-15-9-7-14-5-3-11-12-10/h6-9,18-20H,3-5,10-17H2,1-2H3;2-9H2,1H3. The zero-order chi connectivity index (χ0) is 41.3. The molecule has 0 amide bonds. The summed E-state index contributed by atoms with van der Waals surface area (Å²) >= 11 is 0. The maximum absolute atomic E-state index is 13.6. The number of ketones is 1. The third kappa shape index (κ3) is 17.0. The molecule has 0 radical (unpaired) electrons. The van der Waals surface area contributed by atoms with Crippen molar-refractivity contribution in [1.29, 1.82) is 0 Å². The second kappa shape index (κ2) is 26.6. The van der Waals surface area contributed by atoms with Gasteiger partial charge in [-0.3, -0.25) is 9.10 Å². The summed E-state index contributed by atoms with van der Waals surface area (Å²) in [6.07, 6.45) is 4.27. The number of sulfonamides is 1. The number of carbonyl (C=O) groups excluding carboxylic acids is 1. The van der Waals surface area contributed by atoms with Crippen molar-refractivity contribution in [1.82, 2.24) is 0 Å². The lowest BCUT2D eigenvalue weighted by molar-refractivity contribution is 0.0161. The number of azide groups is 2.